The molecule has 0 N–H and O–H groups in total. The summed E-state index contributed by atoms with van der Waals surface area (Å²) >= 11 is 0. The van der Waals surface area contributed by atoms with Crippen molar-refractivity contribution < 1.29 is 4.79 Å². The lowest BCUT2D eigenvalue weighted by atomic mass is 10.5. The van der Waals surface area contributed by atoms with Crippen LogP contribution in [0.3, 0.4) is 0 Å². The molecule has 0 heterocycles. The van der Waals surface area contributed by atoms with E-state index < -0.39 is 0 Å². The van der Waals surface area contributed by atoms with Gasteiger partial charge in [-0.05, 0) is 13.8 Å². The average molecular weight is 111 g/mol. The van der Waals surface area contributed by atoms with Crippen molar-refractivity contribution in [3.05, 3.63) is 11.8 Å². The minimum atomic E-state index is 0.479. The fraction of sp³-hybridized carbons (Fsp3) is 0.333. The second-order valence-electron chi connectivity index (χ2n) is 1.22. The minimum absolute atomic E-state index is 0.479. The molecule has 0 atom stereocenters. The molecule has 0 aromatic carbocycles. The Balaban J connectivity index is 3.91. The van der Waals surface area contributed by atoms with Gasteiger partial charge in [0.05, 0.1) is 5.70 Å². The average Bonchev–Trinajstić information content (AvgIpc) is 1.83. The van der Waals surface area contributed by atoms with Crippen LogP contribution in [-0.2, 0) is 4.79 Å². The van der Waals surface area contributed by atoms with Crippen LogP contribution >= 0.6 is 0 Å². The largest absolute Gasteiger partial charge is 0.296 e. The number of carbonyl (C=O) groups is 1. The van der Waals surface area contributed by atoms with Gasteiger partial charge in [-0.15, -0.1) is 0 Å². The lowest BCUT2D eigenvalue weighted by Crippen LogP contribution is -1.76. The molecular formula is C6H9NO. The van der Waals surface area contributed by atoms with E-state index in [4.69, 9.17) is 0 Å². The van der Waals surface area contributed by atoms with Crippen molar-refractivity contribution in [2.75, 3.05) is 0 Å². The van der Waals surface area contributed by atoms with Crippen molar-refractivity contribution in [3.63, 3.8) is 0 Å². The molecule has 2 heteroatoms. The highest BCUT2D eigenvalue weighted by molar-refractivity contribution is 5.75. The summed E-state index contributed by atoms with van der Waals surface area (Å²) in [5.41, 5.74) is 0.479. The number of carbonyl (C=O) groups excluding carboxylic acids is 1. The molecule has 0 unspecified atom stereocenters. The van der Waals surface area contributed by atoms with E-state index in [2.05, 4.69) is 4.99 Å². The number of nitrogens with zero attached hydrogens (tertiary/aromatic N) is 1. The number of hydrogen-bond acceptors (Lipinski definition) is 2. The highest BCUT2D eigenvalue weighted by atomic mass is 16.1. The van der Waals surface area contributed by atoms with Gasteiger partial charge in [0.15, 0.2) is 6.29 Å². The summed E-state index contributed by atoms with van der Waals surface area (Å²) in [5.74, 6) is 0. The van der Waals surface area contributed by atoms with Crippen LogP contribution in [0.25, 0.3) is 0 Å². The highest BCUT2D eigenvalue weighted by Gasteiger charge is 1.80. The molecule has 0 aliphatic rings. The fourth-order valence-corrected chi connectivity index (χ4v) is 0.322. The van der Waals surface area contributed by atoms with E-state index >= 15 is 0 Å². The Labute approximate surface area is 48.9 Å². The first-order valence-corrected chi connectivity index (χ1v) is 2.45. The maximum absolute atomic E-state index is 9.94. The van der Waals surface area contributed by atoms with Crippen molar-refractivity contribution in [1.29, 1.82) is 0 Å². The van der Waals surface area contributed by atoms with Crippen LogP contribution in [0.5, 0.6) is 0 Å². The smallest absolute Gasteiger partial charge is 0.168 e. The molecule has 0 aliphatic heterocycles. The maximum Gasteiger partial charge on any atom is 0.168 e. The Bertz CT molecular complexity index is 124. The fourth-order valence-electron chi connectivity index (χ4n) is 0.322. The summed E-state index contributed by atoms with van der Waals surface area (Å²) in [5, 5.41) is 0. The number of aldehydes is 1. The lowest BCUT2D eigenvalue weighted by Gasteiger charge is -1.81. The van der Waals surface area contributed by atoms with Crippen molar-refractivity contribution in [2.24, 2.45) is 4.99 Å². The Morgan fingerprint density at radius 1 is 1.50 bits per heavy atom. The molecule has 0 aliphatic carbocycles. The van der Waals surface area contributed by atoms with Gasteiger partial charge in [0.2, 0.25) is 0 Å². The van der Waals surface area contributed by atoms with Crippen LogP contribution in [0.15, 0.2) is 16.8 Å². The molecule has 0 aromatic heterocycles. The summed E-state index contributed by atoms with van der Waals surface area (Å²) in [7, 11) is 0. The summed E-state index contributed by atoms with van der Waals surface area (Å²) in [6.45, 7) is 3.55. The van der Waals surface area contributed by atoms with E-state index in [1.54, 1.807) is 26.1 Å². The third-order valence-corrected chi connectivity index (χ3v) is 0.695. The van der Waals surface area contributed by atoms with E-state index in [1.165, 1.54) is 0 Å². The molecule has 0 radical (unpaired) electrons. The SMILES string of the molecule is C/C=N\C(C=O)=C/C. The summed E-state index contributed by atoms with van der Waals surface area (Å²) in [6, 6.07) is 0. The maximum atomic E-state index is 9.94. The molecule has 2 nitrogen and oxygen atoms in total. The molecule has 8 heavy (non-hydrogen) atoms. The van der Waals surface area contributed by atoms with Gasteiger partial charge in [0, 0.05) is 6.21 Å². The standard InChI is InChI=1S/C6H9NO/c1-3-6(5-8)7-4-2/h3-5H,1-2H3/b6-3-,7-4-. The molecule has 0 spiro atoms. The Kier molecular flexibility index (Phi) is 3.76. The monoisotopic (exact) mass is 111 g/mol. The second-order valence-corrected chi connectivity index (χ2v) is 1.22. The van der Waals surface area contributed by atoms with Crippen LogP contribution in [0.1, 0.15) is 13.8 Å². The van der Waals surface area contributed by atoms with Crippen molar-refractivity contribution >= 4 is 12.5 Å². The van der Waals surface area contributed by atoms with Gasteiger partial charge in [-0.25, -0.2) is 0 Å². The minimum Gasteiger partial charge on any atom is -0.296 e. The van der Waals surface area contributed by atoms with Crippen molar-refractivity contribution in [1.82, 2.24) is 0 Å². The second kappa shape index (κ2) is 4.24. The summed E-state index contributed by atoms with van der Waals surface area (Å²) < 4.78 is 0. The zero-order valence-corrected chi connectivity index (χ0v) is 5.09. The first kappa shape index (κ1) is 7.08. The zero-order valence-electron chi connectivity index (χ0n) is 5.09. The third kappa shape index (κ3) is 2.29. The van der Waals surface area contributed by atoms with Gasteiger partial charge >= 0.3 is 0 Å². The predicted octanol–water partition coefficient (Wildman–Crippen LogP) is 1.18. The van der Waals surface area contributed by atoms with Crippen LogP contribution in [0.2, 0.25) is 0 Å². The topological polar surface area (TPSA) is 29.4 Å². The van der Waals surface area contributed by atoms with Crippen molar-refractivity contribution in [3.8, 4) is 0 Å². The number of rotatable bonds is 2. The highest BCUT2D eigenvalue weighted by Crippen LogP contribution is 1.87. The molecule has 0 saturated heterocycles. The van der Waals surface area contributed by atoms with Gasteiger partial charge in [0.25, 0.3) is 0 Å². The van der Waals surface area contributed by atoms with Crippen LogP contribution in [0, 0.1) is 0 Å². The Morgan fingerprint density at radius 2 is 2.12 bits per heavy atom. The number of hydrogen-bond donors (Lipinski definition) is 0. The van der Waals surface area contributed by atoms with Gasteiger partial charge in [-0.3, -0.25) is 9.79 Å². The molecule has 0 saturated carbocycles. The van der Waals surface area contributed by atoms with Gasteiger partial charge in [-0.1, -0.05) is 6.08 Å². The van der Waals surface area contributed by atoms with Crippen LogP contribution in [0.4, 0.5) is 0 Å². The molecule has 0 fully saturated rings. The van der Waals surface area contributed by atoms with E-state index in [0.717, 1.165) is 6.29 Å². The quantitative estimate of drug-likeness (QED) is 0.299. The first-order valence-electron chi connectivity index (χ1n) is 2.45. The van der Waals surface area contributed by atoms with Crippen LogP contribution < -0.4 is 0 Å². The summed E-state index contributed by atoms with van der Waals surface area (Å²) in [6.07, 6.45) is 3.97. The third-order valence-electron chi connectivity index (χ3n) is 0.695. The molecule has 0 amide bonds. The van der Waals surface area contributed by atoms with E-state index in [9.17, 15) is 4.79 Å². The first-order chi connectivity index (χ1) is 3.85. The predicted molar refractivity (Wildman–Crippen MR) is 34.0 cm³/mol. The lowest BCUT2D eigenvalue weighted by molar-refractivity contribution is -0.104. The Hall–Kier alpha value is -0.920. The van der Waals surface area contributed by atoms with Gasteiger partial charge < -0.3 is 0 Å². The van der Waals surface area contributed by atoms with Crippen molar-refractivity contribution in [2.45, 2.75) is 13.8 Å². The van der Waals surface area contributed by atoms with E-state index in [1.807, 2.05) is 0 Å². The van der Waals surface area contributed by atoms with E-state index in [0.29, 0.717) is 5.70 Å². The summed E-state index contributed by atoms with van der Waals surface area (Å²) in [4.78, 5) is 13.7. The molecule has 0 aromatic rings. The van der Waals surface area contributed by atoms with Gasteiger partial charge in [-0.2, -0.15) is 0 Å². The normalized spacial score (nSPS) is 12.5. The molecule has 0 bridgehead atoms. The molecule has 44 valence electrons. The zero-order chi connectivity index (χ0) is 6.41. The Morgan fingerprint density at radius 3 is 2.25 bits per heavy atom. The molecular weight excluding hydrogens is 102 g/mol. The van der Waals surface area contributed by atoms with E-state index in [-0.39, 0.29) is 0 Å². The number of aliphatic imine (C=N–C) groups is 1. The molecule has 0 rings (SSSR count). The van der Waals surface area contributed by atoms with Crippen LogP contribution in [-0.4, -0.2) is 12.5 Å². The van der Waals surface area contributed by atoms with Gasteiger partial charge in [0.1, 0.15) is 0 Å². The number of allylic oxidation sites excluding steroid dienone is 2.